The van der Waals surface area contributed by atoms with Gasteiger partial charge < -0.3 is 19.7 Å². The van der Waals surface area contributed by atoms with Gasteiger partial charge in [0.05, 0.1) is 5.56 Å². The van der Waals surface area contributed by atoms with Crippen molar-refractivity contribution in [3.05, 3.63) is 82.4 Å². The first-order chi connectivity index (χ1) is 13.5. The Morgan fingerprint density at radius 1 is 0.857 bits per heavy atom. The minimum atomic E-state index is -1.19. The van der Waals surface area contributed by atoms with Gasteiger partial charge >= 0.3 is 5.97 Å². The smallest absolute Gasteiger partial charge is 0.340 e. The van der Waals surface area contributed by atoms with Crippen molar-refractivity contribution in [2.75, 3.05) is 5.33 Å². The van der Waals surface area contributed by atoms with Crippen molar-refractivity contribution in [3.8, 4) is 23.0 Å². The van der Waals surface area contributed by atoms with Crippen LogP contribution < -0.4 is 4.74 Å². The lowest BCUT2D eigenvalue weighted by atomic mass is 9.77. The number of hydrogen-bond donors (Lipinski definition) is 2. The van der Waals surface area contributed by atoms with E-state index in [4.69, 9.17) is 9.47 Å². The van der Waals surface area contributed by atoms with Crippen LogP contribution in [-0.4, -0.2) is 21.5 Å². The number of carbonyl (C=O) groups is 1. The van der Waals surface area contributed by atoms with E-state index in [1.54, 1.807) is 24.3 Å². The number of carbonyl (C=O) groups excluding carboxylic acids is 1. The monoisotopic (exact) mass is 438 g/mol. The predicted molar refractivity (Wildman–Crippen MR) is 106 cm³/mol. The molecule has 0 atom stereocenters. The van der Waals surface area contributed by atoms with Crippen molar-refractivity contribution in [2.24, 2.45) is 0 Å². The molecule has 2 aliphatic rings. The minimum Gasteiger partial charge on any atom is -0.508 e. The van der Waals surface area contributed by atoms with Gasteiger partial charge in [-0.1, -0.05) is 28.1 Å². The SMILES string of the molecule is O=C1OC2(c3ccc(O)cc3Oc3cc(O)ccc32)c2ccc(CCBr)cc21. The lowest BCUT2D eigenvalue weighted by Gasteiger charge is -2.36. The van der Waals surface area contributed by atoms with E-state index in [1.165, 1.54) is 12.1 Å². The maximum atomic E-state index is 12.9. The van der Waals surface area contributed by atoms with Crippen molar-refractivity contribution in [2.45, 2.75) is 12.0 Å². The molecule has 3 aromatic rings. The third-order valence-electron chi connectivity index (χ3n) is 5.22. The summed E-state index contributed by atoms with van der Waals surface area (Å²) in [5.74, 6) is 0.419. The molecular weight excluding hydrogens is 424 g/mol. The summed E-state index contributed by atoms with van der Waals surface area (Å²) in [4.78, 5) is 12.9. The first-order valence-corrected chi connectivity index (χ1v) is 9.92. The molecule has 140 valence electrons. The Labute approximate surface area is 169 Å². The number of esters is 1. The Bertz CT molecular complexity index is 1090. The lowest BCUT2D eigenvalue weighted by molar-refractivity contribution is 0.0224. The van der Waals surface area contributed by atoms with Gasteiger partial charge in [0.15, 0.2) is 5.60 Å². The highest BCUT2D eigenvalue weighted by Crippen LogP contribution is 2.57. The number of phenolic OH excluding ortho intramolecular Hbond substituents is 2. The second kappa shape index (κ2) is 6.01. The number of phenols is 2. The van der Waals surface area contributed by atoms with E-state index in [-0.39, 0.29) is 11.5 Å². The van der Waals surface area contributed by atoms with Crippen LogP contribution in [0.1, 0.15) is 32.6 Å². The van der Waals surface area contributed by atoms with Crippen molar-refractivity contribution >= 4 is 21.9 Å². The number of ether oxygens (including phenoxy) is 2. The fourth-order valence-corrected chi connectivity index (χ4v) is 4.48. The molecule has 5 rings (SSSR count). The molecule has 0 aliphatic carbocycles. The number of alkyl halides is 1. The second-order valence-electron chi connectivity index (χ2n) is 6.85. The summed E-state index contributed by atoms with van der Waals surface area (Å²) >= 11 is 3.43. The fraction of sp³-hybridized carbons (Fsp3) is 0.136. The summed E-state index contributed by atoms with van der Waals surface area (Å²) in [6.45, 7) is 0. The summed E-state index contributed by atoms with van der Waals surface area (Å²) in [7, 11) is 0. The van der Waals surface area contributed by atoms with Gasteiger partial charge in [-0.15, -0.1) is 0 Å². The van der Waals surface area contributed by atoms with E-state index in [2.05, 4.69) is 15.9 Å². The number of hydrogen-bond acceptors (Lipinski definition) is 5. The van der Waals surface area contributed by atoms with E-state index >= 15 is 0 Å². The molecule has 0 fully saturated rings. The van der Waals surface area contributed by atoms with Crippen molar-refractivity contribution in [1.29, 1.82) is 0 Å². The van der Waals surface area contributed by atoms with Gasteiger partial charge in [-0.2, -0.15) is 0 Å². The van der Waals surface area contributed by atoms with Crippen LogP contribution in [0.3, 0.4) is 0 Å². The summed E-state index contributed by atoms with van der Waals surface area (Å²) in [6, 6.07) is 15.2. The highest BCUT2D eigenvalue weighted by molar-refractivity contribution is 9.09. The fourth-order valence-electron chi connectivity index (χ4n) is 4.02. The van der Waals surface area contributed by atoms with Crippen molar-refractivity contribution < 1.29 is 24.5 Å². The van der Waals surface area contributed by atoms with Crippen LogP contribution in [0.5, 0.6) is 23.0 Å². The Kier molecular flexibility index (Phi) is 3.67. The highest BCUT2D eigenvalue weighted by Gasteiger charge is 2.53. The first kappa shape index (κ1) is 17.1. The zero-order chi connectivity index (χ0) is 19.5. The lowest BCUT2D eigenvalue weighted by Crippen LogP contribution is -2.32. The van der Waals surface area contributed by atoms with Crippen LogP contribution in [0.4, 0.5) is 0 Å². The van der Waals surface area contributed by atoms with Crippen LogP contribution in [-0.2, 0) is 16.8 Å². The van der Waals surface area contributed by atoms with Gasteiger partial charge in [0.2, 0.25) is 0 Å². The third kappa shape index (κ3) is 2.27. The molecule has 0 saturated heterocycles. The maximum absolute atomic E-state index is 12.9. The summed E-state index contributed by atoms with van der Waals surface area (Å²) in [6.07, 6.45) is 0.797. The summed E-state index contributed by atoms with van der Waals surface area (Å²) < 4.78 is 12.0. The first-order valence-electron chi connectivity index (χ1n) is 8.80. The molecule has 1 spiro atoms. The molecule has 0 saturated carbocycles. The minimum absolute atomic E-state index is 0.0368. The largest absolute Gasteiger partial charge is 0.508 e. The van der Waals surface area contributed by atoms with Crippen LogP contribution >= 0.6 is 15.9 Å². The Hall–Kier alpha value is -2.99. The van der Waals surface area contributed by atoms with E-state index in [0.717, 1.165) is 22.9 Å². The second-order valence-corrected chi connectivity index (χ2v) is 7.65. The quantitative estimate of drug-likeness (QED) is 0.451. The van der Waals surface area contributed by atoms with Crippen LogP contribution in [0, 0.1) is 0 Å². The van der Waals surface area contributed by atoms with Crippen molar-refractivity contribution in [1.82, 2.24) is 0 Å². The Balaban J connectivity index is 1.83. The third-order valence-corrected chi connectivity index (χ3v) is 5.62. The molecule has 2 aliphatic heterocycles. The van der Waals surface area contributed by atoms with E-state index in [0.29, 0.717) is 28.2 Å². The molecule has 0 aromatic heterocycles. The van der Waals surface area contributed by atoms with Crippen molar-refractivity contribution in [3.63, 3.8) is 0 Å². The number of aromatic hydroxyl groups is 2. The molecule has 2 N–H and O–H groups in total. The molecule has 0 bridgehead atoms. The Morgan fingerprint density at radius 2 is 1.46 bits per heavy atom. The summed E-state index contributed by atoms with van der Waals surface area (Å²) in [5.41, 5.74) is 2.33. The normalized spacial score (nSPS) is 15.4. The average molecular weight is 439 g/mol. The van der Waals surface area contributed by atoms with Gasteiger partial charge in [0.1, 0.15) is 23.0 Å². The van der Waals surface area contributed by atoms with Gasteiger partial charge in [0.25, 0.3) is 0 Å². The molecular formula is C22H15BrO5. The van der Waals surface area contributed by atoms with Gasteiger partial charge in [-0.25, -0.2) is 4.79 Å². The molecule has 0 radical (unpaired) electrons. The molecule has 0 unspecified atom stereocenters. The van der Waals surface area contributed by atoms with Crippen LogP contribution in [0.25, 0.3) is 0 Å². The van der Waals surface area contributed by atoms with E-state index < -0.39 is 11.6 Å². The topological polar surface area (TPSA) is 76.0 Å². The number of aryl methyl sites for hydroxylation is 1. The van der Waals surface area contributed by atoms with E-state index in [1.807, 2.05) is 18.2 Å². The predicted octanol–water partition coefficient (Wildman–Crippen LogP) is 4.60. The molecule has 2 heterocycles. The maximum Gasteiger partial charge on any atom is 0.340 e. The molecule has 28 heavy (non-hydrogen) atoms. The van der Waals surface area contributed by atoms with Gasteiger partial charge in [0, 0.05) is 34.2 Å². The zero-order valence-electron chi connectivity index (χ0n) is 14.6. The van der Waals surface area contributed by atoms with Gasteiger partial charge in [-0.05, 0) is 42.3 Å². The van der Waals surface area contributed by atoms with Crippen LogP contribution in [0.15, 0.2) is 54.6 Å². The Morgan fingerprint density at radius 3 is 2.07 bits per heavy atom. The van der Waals surface area contributed by atoms with E-state index in [9.17, 15) is 15.0 Å². The van der Waals surface area contributed by atoms with Crippen LogP contribution in [0.2, 0.25) is 0 Å². The number of fused-ring (bicyclic) bond motifs is 6. The zero-order valence-corrected chi connectivity index (χ0v) is 16.2. The standard InChI is InChI=1S/C22H15BrO5/c23-8-7-12-1-4-16-15(9-12)21(26)28-22(16)17-5-2-13(24)10-19(17)27-20-11-14(25)3-6-18(20)22/h1-6,9-11,24-25H,7-8H2. The molecule has 0 amide bonds. The number of halogens is 1. The average Bonchev–Trinajstić information content (AvgIpc) is 2.94. The molecule has 6 heteroatoms. The highest BCUT2D eigenvalue weighted by atomic mass is 79.9. The summed E-state index contributed by atoms with van der Waals surface area (Å²) in [5, 5.41) is 20.6. The van der Waals surface area contributed by atoms with Gasteiger partial charge in [-0.3, -0.25) is 0 Å². The molecule has 3 aromatic carbocycles. The number of rotatable bonds is 2. The molecule has 5 nitrogen and oxygen atoms in total. The number of benzene rings is 3.